The molecule has 3 aromatic carbocycles. The summed E-state index contributed by atoms with van der Waals surface area (Å²) >= 11 is 1.80. The molecule has 0 spiro atoms. The molecule has 1 heterocycles. The van der Waals surface area contributed by atoms with Crippen LogP contribution in [0, 0.1) is 5.82 Å². The molecule has 30 heavy (non-hydrogen) atoms. The molecule has 0 radical (unpaired) electrons. The number of fused-ring (bicyclic) bond motifs is 1. The fourth-order valence-electron chi connectivity index (χ4n) is 3.27. The average Bonchev–Trinajstić information content (AvgIpc) is 3.15. The number of nitrogens with zero attached hydrogens (tertiary/aromatic N) is 2. The summed E-state index contributed by atoms with van der Waals surface area (Å²) in [6, 6.07) is 20.4. The van der Waals surface area contributed by atoms with Crippen molar-refractivity contribution in [2.75, 3.05) is 5.75 Å². The minimum absolute atomic E-state index is 0.103. The van der Waals surface area contributed by atoms with E-state index in [1.54, 1.807) is 24.0 Å². The van der Waals surface area contributed by atoms with Crippen LogP contribution in [0.5, 0.6) is 0 Å². The van der Waals surface area contributed by atoms with E-state index in [1.807, 2.05) is 41.1 Å². The second kappa shape index (κ2) is 9.13. The Labute approximate surface area is 179 Å². The summed E-state index contributed by atoms with van der Waals surface area (Å²) in [6.07, 6.45) is 1.66. The number of aromatic nitrogens is 2. The lowest BCUT2D eigenvalue weighted by molar-refractivity contribution is 0.0951. The molecule has 0 saturated heterocycles. The van der Waals surface area contributed by atoms with Crippen molar-refractivity contribution in [3.63, 3.8) is 0 Å². The second-order valence-electron chi connectivity index (χ2n) is 6.96. The van der Waals surface area contributed by atoms with Crippen LogP contribution >= 0.6 is 11.8 Å². The van der Waals surface area contributed by atoms with Gasteiger partial charge in [-0.2, -0.15) is 5.10 Å². The van der Waals surface area contributed by atoms with E-state index in [0.29, 0.717) is 18.7 Å². The van der Waals surface area contributed by atoms with Gasteiger partial charge in [0.2, 0.25) is 0 Å². The maximum Gasteiger partial charge on any atom is 0.251 e. The van der Waals surface area contributed by atoms with Gasteiger partial charge in [-0.15, -0.1) is 11.8 Å². The first-order chi connectivity index (χ1) is 14.6. The topological polar surface area (TPSA) is 46.9 Å². The fraction of sp³-hybridized carbons (Fsp3) is 0.167. The molecule has 0 aliphatic rings. The summed E-state index contributed by atoms with van der Waals surface area (Å²) in [6.45, 7) is 3.18. The van der Waals surface area contributed by atoms with Gasteiger partial charge in [-0.1, -0.05) is 31.2 Å². The highest BCUT2D eigenvalue weighted by atomic mass is 32.2. The molecule has 1 N–H and O–H groups in total. The molecular weight excluding hydrogens is 397 g/mol. The predicted octanol–water partition coefficient (Wildman–Crippen LogP) is 5.27. The summed E-state index contributed by atoms with van der Waals surface area (Å²) < 4.78 is 15.2. The van der Waals surface area contributed by atoms with Gasteiger partial charge in [0.05, 0.1) is 18.3 Å². The van der Waals surface area contributed by atoms with Gasteiger partial charge < -0.3 is 5.32 Å². The van der Waals surface area contributed by atoms with Crippen molar-refractivity contribution >= 4 is 28.6 Å². The van der Waals surface area contributed by atoms with E-state index in [2.05, 4.69) is 29.5 Å². The second-order valence-corrected chi connectivity index (χ2v) is 8.30. The number of halogens is 1. The molecule has 0 unspecified atom stereocenters. The third-order valence-corrected chi connectivity index (χ3v) is 5.73. The van der Waals surface area contributed by atoms with Crippen LogP contribution in [0.4, 0.5) is 4.39 Å². The standard InChI is InChI=1S/C24H22FN3OS/c1-2-30-22-10-5-17(6-11-22)14-26-24(29)19-7-3-18(4-8-19)16-28-23-12-9-21(25)13-20(23)15-27-28/h3-13,15H,2,14,16H2,1H3,(H,26,29). The number of carbonyl (C=O) groups is 1. The lowest BCUT2D eigenvalue weighted by Crippen LogP contribution is -2.22. The molecule has 4 aromatic rings. The third kappa shape index (κ3) is 4.71. The van der Waals surface area contributed by atoms with Crippen LogP contribution in [0.3, 0.4) is 0 Å². The van der Waals surface area contributed by atoms with Gasteiger partial charge in [0.15, 0.2) is 0 Å². The molecule has 0 atom stereocenters. The molecule has 0 aliphatic heterocycles. The molecule has 0 aliphatic carbocycles. The van der Waals surface area contributed by atoms with E-state index in [0.717, 1.165) is 27.8 Å². The lowest BCUT2D eigenvalue weighted by atomic mass is 10.1. The summed E-state index contributed by atoms with van der Waals surface area (Å²) in [4.78, 5) is 13.7. The van der Waals surface area contributed by atoms with Gasteiger partial charge in [-0.3, -0.25) is 9.48 Å². The fourth-order valence-corrected chi connectivity index (χ4v) is 3.93. The maximum atomic E-state index is 13.3. The van der Waals surface area contributed by atoms with Crippen LogP contribution in [0.15, 0.2) is 77.8 Å². The van der Waals surface area contributed by atoms with Gasteiger partial charge >= 0.3 is 0 Å². The van der Waals surface area contributed by atoms with Crippen molar-refractivity contribution in [3.05, 3.63) is 95.4 Å². The molecule has 0 fully saturated rings. The van der Waals surface area contributed by atoms with Gasteiger partial charge in [0, 0.05) is 22.4 Å². The van der Waals surface area contributed by atoms with Gasteiger partial charge in [-0.25, -0.2) is 4.39 Å². The Kier molecular flexibility index (Phi) is 6.14. The Morgan fingerprint density at radius 1 is 1.03 bits per heavy atom. The Morgan fingerprint density at radius 2 is 1.77 bits per heavy atom. The molecule has 1 amide bonds. The summed E-state index contributed by atoms with van der Waals surface area (Å²) in [7, 11) is 0. The number of nitrogens with one attached hydrogen (secondary N) is 1. The highest BCUT2D eigenvalue weighted by Gasteiger charge is 2.08. The third-order valence-electron chi connectivity index (χ3n) is 4.84. The number of thioether (sulfide) groups is 1. The zero-order valence-electron chi connectivity index (χ0n) is 16.6. The largest absolute Gasteiger partial charge is 0.348 e. The number of carbonyl (C=O) groups excluding carboxylic acids is 1. The van der Waals surface area contributed by atoms with Crippen LogP contribution in [0.1, 0.15) is 28.4 Å². The van der Waals surface area contributed by atoms with E-state index >= 15 is 0 Å². The van der Waals surface area contributed by atoms with Gasteiger partial charge in [-0.05, 0) is 59.3 Å². The van der Waals surface area contributed by atoms with Crippen LogP contribution in [-0.4, -0.2) is 21.4 Å². The summed E-state index contributed by atoms with van der Waals surface area (Å²) in [5.41, 5.74) is 3.58. The highest BCUT2D eigenvalue weighted by Crippen LogP contribution is 2.18. The van der Waals surface area contributed by atoms with Crippen LogP contribution in [-0.2, 0) is 13.1 Å². The van der Waals surface area contributed by atoms with Crippen molar-refractivity contribution in [2.24, 2.45) is 0 Å². The minimum Gasteiger partial charge on any atom is -0.348 e. The SMILES string of the molecule is CCSc1ccc(CNC(=O)c2ccc(Cn3ncc4cc(F)ccc43)cc2)cc1. The Bertz CT molecular complexity index is 1150. The van der Waals surface area contributed by atoms with Crippen LogP contribution < -0.4 is 5.32 Å². The normalized spacial score (nSPS) is 11.0. The first kappa shape index (κ1) is 20.2. The van der Waals surface area contributed by atoms with Crippen molar-refractivity contribution in [1.29, 1.82) is 0 Å². The smallest absolute Gasteiger partial charge is 0.251 e. The quantitative estimate of drug-likeness (QED) is 0.415. The highest BCUT2D eigenvalue weighted by molar-refractivity contribution is 7.99. The van der Waals surface area contributed by atoms with Crippen molar-refractivity contribution in [3.8, 4) is 0 Å². The number of amides is 1. The molecule has 0 saturated carbocycles. The monoisotopic (exact) mass is 419 g/mol. The summed E-state index contributed by atoms with van der Waals surface area (Å²) in [5.74, 6) is 0.670. The zero-order valence-corrected chi connectivity index (χ0v) is 17.5. The first-order valence-corrected chi connectivity index (χ1v) is 10.8. The van der Waals surface area contributed by atoms with Crippen LogP contribution in [0.2, 0.25) is 0 Å². The van der Waals surface area contributed by atoms with E-state index in [9.17, 15) is 9.18 Å². The Balaban J connectivity index is 1.37. The van der Waals surface area contributed by atoms with E-state index in [4.69, 9.17) is 0 Å². The molecule has 4 rings (SSSR count). The number of benzene rings is 3. The molecule has 152 valence electrons. The minimum atomic E-state index is -0.270. The van der Waals surface area contributed by atoms with Crippen molar-refractivity contribution < 1.29 is 9.18 Å². The van der Waals surface area contributed by atoms with Gasteiger partial charge in [0.25, 0.3) is 5.91 Å². The maximum absolute atomic E-state index is 13.3. The lowest BCUT2D eigenvalue weighted by Gasteiger charge is -2.08. The van der Waals surface area contributed by atoms with Crippen LogP contribution in [0.25, 0.3) is 10.9 Å². The van der Waals surface area contributed by atoms with E-state index in [1.165, 1.54) is 17.0 Å². The molecule has 1 aromatic heterocycles. The Morgan fingerprint density at radius 3 is 2.50 bits per heavy atom. The van der Waals surface area contributed by atoms with E-state index in [-0.39, 0.29) is 11.7 Å². The van der Waals surface area contributed by atoms with Crippen molar-refractivity contribution in [2.45, 2.75) is 24.9 Å². The number of hydrogen-bond donors (Lipinski definition) is 1. The molecular formula is C24H22FN3OS. The molecule has 0 bridgehead atoms. The van der Waals surface area contributed by atoms with Gasteiger partial charge in [0.1, 0.15) is 5.82 Å². The van der Waals surface area contributed by atoms with E-state index < -0.39 is 0 Å². The number of rotatable bonds is 7. The zero-order chi connectivity index (χ0) is 20.9. The number of hydrogen-bond acceptors (Lipinski definition) is 3. The summed E-state index contributed by atoms with van der Waals surface area (Å²) in [5, 5.41) is 8.07. The van der Waals surface area contributed by atoms with Crippen molar-refractivity contribution in [1.82, 2.24) is 15.1 Å². The Hall–Kier alpha value is -3.12. The first-order valence-electron chi connectivity index (χ1n) is 9.82. The molecule has 4 nitrogen and oxygen atoms in total. The average molecular weight is 420 g/mol. The predicted molar refractivity (Wildman–Crippen MR) is 119 cm³/mol. The molecule has 6 heteroatoms.